The van der Waals surface area contributed by atoms with E-state index >= 15 is 0 Å². The van der Waals surface area contributed by atoms with E-state index in [4.69, 9.17) is 5.73 Å². The van der Waals surface area contributed by atoms with E-state index in [0.717, 1.165) is 30.3 Å². The zero-order valence-corrected chi connectivity index (χ0v) is 10.3. The van der Waals surface area contributed by atoms with Crippen molar-refractivity contribution in [3.8, 4) is 0 Å². The quantitative estimate of drug-likeness (QED) is 0.839. The summed E-state index contributed by atoms with van der Waals surface area (Å²) in [6.07, 6.45) is -2.73. The van der Waals surface area contributed by atoms with E-state index in [-0.39, 0.29) is 5.92 Å². The van der Waals surface area contributed by atoms with Crippen molar-refractivity contribution in [2.45, 2.75) is 19.0 Å². The number of fused-ring (bicyclic) bond motifs is 1. The minimum atomic E-state index is -4.28. The molecule has 5 heteroatoms. The minimum Gasteiger partial charge on any atom is -0.374 e. The van der Waals surface area contributed by atoms with Crippen molar-refractivity contribution >= 4 is 5.69 Å². The molecule has 0 spiro atoms. The number of rotatable bonds is 1. The van der Waals surface area contributed by atoms with Gasteiger partial charge < -0.3 is 10.6 Å². The molecule has 0 amide bonds. The number of nitrogens with two attached hydrogens (primary N) is 1. The maximum absolute atomic E-state index is 12.7. The van der Waals surface area contributed by atoms with Crippen molar-refractivity contribution in [2.75, 3.05) is 25.0 Å². The third-order valence-electron chi connectivity index (χ3n) is 3.53. The van der Waals surface area contributed by atoms with Crippen molar-refractivity contribution in [3.05, 3.63) is 29.3 Å². The van der Waals surface area contributed by atoms with E-state index in [0.29, 0.717) is 13.0 Å². The fourth-order valence-electron chi connectivity index (χ4n) is 2.41. The highest BCUT2D eigenvalue weighted by Crippen LogP contribution is 2.35. The zero-order valence-electron chi connectivity index (χ0n) is 10.3. The summed E-state index contributed by atoms with van der Waals surface area (Å²) in [5.41, 5.74) is 6.72. The van der Waals surface area contributed by atoms with Crippen molar-refractivity contribution < 1.29 is 13.2 Å². The topological polar surface area (TPSA) is 29.3 Å². The number of alkyl halides is 3. The molecule has 0 aromatic heterocycles. The third kappa shape index (κ3) is 2.61. The summed E-state index contributed by atoms with van der Waals surface area (Å²) in [4.78, 5) is 2.01. The molecule has 1 heterocycles. The second-order valence-electron chi connectivity index (χ2n) is 4.86. The molecule has 18 heavy (non-hydrogen) atoms. The average Bonchev–Trinajstić information content (AvgIpc) is 2.47. The van der Waals surface area contributed by atoms with Gasteiger partial charge in [0.25, 0.3) is 0 Å². The molecule has 0 saturated heterocycles. The van der Waals surface area contributed by atoms with E-state index in [2.05, 4.69) is 0 Å². The predicted octanol–water partition coefficient (Wildman–Crippen LogP) is 2.66. The van der Waals surface area contributed by atoms with Crippen molar-refractivity contribution in [1.82, 2.24) is 0 Å². The number of nitrogens with zero attached hydrogens (tertiary/aromatic N) is 1. The van der Waals surface area contributed by atoms with E-state index in [1.807, 2.05) is 11.9 Å². The Morgan fingerprint density at radius 1 is 1.39 bits per heavy atom. The van der Waals surface area contributed by atoms with Crippen LogP contribution in [0.1, 0.15) is 17.5 Å². The summed E-state index contributed by atoms with van der Waals surface area (Å²) in [6, 6.07) is 3.98. The average molecular weight is 258 g/mol. The molecule has 0 fully saturated rings. The Labute approximate surface area is 105 Å². The Morgan fingerprint density at radius 3 is 2.72 bits per heavy atom. The summed E-state index contributed by atoms with van der Waals surface area (Å²) in [6.45, 7) is 1.35. The highest BCUT2D eigenvalue weighted by molar-refractivity contribution is 5.55. The maximum atomic E-state index is 12.7. The Balaban J connectivity index is 2.40. The number of anilines is 1. The van der Waals surface area contributed by atoms with E-state index in [1.165, 1.54) is 6.07 Å². The van der Waals surface area contributed by atoms with Crippen LogP contribution in [0.15, 0.2) is 18.2 Å². The number of halogens is 3. The van der Waals surface area contributed by atoms with Gasteiger partial charge in [-0.1, -0.05) is 0 Å². The van der Waals surface area contributed by atoms with E-state index in [9.17, 15) is 13.2 Å². The molecule has 2 rings (SSSR count). The Morgan fingerprint density at radius 2 is 2.11 bits per heavy atom. The predicted molar refractivity (Wildman–Crippen MR) is 65.6 cm³/mol. The standard InChI is InChI=1S/C13H17F3N2/c1-18-5-4-9(8-17)6-10-7-11(13(14,15)16)2-3-12(10)18/h2-3,7,9H,4-6,8,17H2,1H3. The van der Waals surface area contributed by atoms with Crippen LogP contribution in [0.5, 0.6) is 0 Å². The maximum Gasteiger partial charge on any atom is 0.416 e. The molecule has 1 unspecified atom stereocenters. The van der Waals surface area contributed by atoms with Gasteiger partial charge in [0.1, 0.15) is 0 Å². The molecular weight excluding hydrogens is 241 g/mol. The van der Waals surface area contributed by atoms with Crippen LogP contribution >= 0.6 is 0 Å². The van der Waals surface area contributed by atoms with Gasteiger partial charge in [0.05, 0.1) is 5.56 Å². The second kappa shape index (κ2) is 4.80. The summed E-state index contributed by atoms with van der Waals surface area (Å²) >= 11 is 0. The molecule has 0 aliphatic carbocycles. The highest BCUT2D eigenvalue weighted by Gasteiger charge is 2.31. The summed E-state index contributed by atoms with van der Waals surface area (Å²) in [7, 11) is 1.91. The molecular formula is C13H17F3N2. The van der Waals surface area contributed by atoms with Crippen LogP contribution in [-0.2, 0) is 12.6 Å². The Bertz CT molecular complexity index is 429. The molecule has 2 nitrogen and oxygen atoms in total. The van der Waals surface area contributed by atoms with Crippen LogP contribution in [0.2, 0.25) is 0 Å². The first-order valence-corrected chi connectivity index (χ1v) is 6.03. The van der Waals surface area contributed by atoms with Crippen LogP contribution in [0.25, 0.3) is 0 Å². The normalized spacial score (nSPS) is 20.5. The second-order valence-corrected chi connectivity index (χ2v) is 4.86. The summed E-state index contributed by atoms with van der Waals surface area (Å²) in [5.74, 6) is 0.261. The molecule has 0 radical (unpaired) electrons. The number of hydrogen-bond donors (Lipinski definition) is 1. The van der Waals surface area contributed by atoms with Gasteiger partial charge >= 0.3 is 6.18 Å². The molecule has 1 aliphatic rings. The third-order valence-corrected chi connectivity index (χ3v) is 3.53. The number of benzene rings is 1. The molecule has 2 N–H and O–H groups in total. The fraction of sp³-hybridized carbons (Fsp3) is 0.538. The molecule has 100 valence electrons. The van der Waals surface area contributed by atoms with Crippen molar-refractivity contribution in [3.63, 3.8) is 0 Å². The first-order valence-electron chi connectivity index (χ1n) is 6.03. The Kier molecular flexibility index (Phi) is 3.52. The van der Waals surface area contributed by atoms with Gasteiger partial charge in [0.2, 0.25) is 0 Å². The molecule has 0 bridgehead atoms. The largest absolute Gasteiger partial charge is 0.416 e. The lowest BCUT2D eigenvalue weighted by molar-refractivity contribution is -0.137. The zero-order chi connectivity index (χ0) is 13.3. The minimum absolute atomic E-state index is 0.261. The SMILES string of the molecule is CN1CCC(CN)Cc2cc(C(F)(F)F)ccc21. The van der Waals surface area contributed by atoms with Crippen LogP contribution < -0.4 is 10.6 Å². The first kappa shape index (κ1) is 13.2. The monoisotopic (exact) mass is 258 g/mol. The van der Waals surface area contributed by atoms with Crippen LogP contribution in [-0.4, -0.2) is 20.1 Å². The van der Waals surface area contributed by atoms with Gasteiger partial charge in [-0.25, -0.2) is 0 Å². The van der Waals surface area contributed by atoms with Gasteiger partial charge in [0.15, 0.2) is 0 Å². The van der Waals surface area contributed by atoms with Crippen LogP contribution in [0, 0.1) is 5.92 Å². The van der Waals surface area contributed by atoms with Crippen molar-refractivity contribution in [1.29, 1.82) is 0 Å². The van der Waals surface area contributed by atoms with Gasteiger partial charge in [0, 0.05) is 19.3 Å². The van der Waals surface area contributed by atoms with Gasteiger partial charge in [-0.15, -0.1) is 0 Å². The lowest BCUT2D eigenvalue weighted by Gasteiger charge is -2.20. The Hall–Kier alpha value is -1.23. The smallest absolute Gasteiger partial charge is 0.374 e. The van der Waals surface area contributed by atoms with Gasteiger partial charge in [-0.05, 0) is 49.1 Å². The molecule has 0 saturated carbocycles. The first-order chi connectivity index (χ1) is 8.41. The highest BCUT2D eigenvalue weighted by atomic mass is 19.4. The van der Waals surface area contributed by atoms with Gasteiger partial charge in [-0.2, -0.15) is 13.2 Å². The van der Waals surface area contributed by atoms with Crippen LogP contribution in [0.3, 0.4) is 0 Å². The van der Waals surface area contributed by atoms with E-state index in [1.54, 1.807) is 6.07 Å². The van der Waals surface area contributed by atoms with Crippen LogP contribution in [0.4, 0.5) is 18.9 Å². The molecule has 1 aromatic carbocycles. The molecule has 1 aromatic rings. The molecule has 1 atom stereocenters. The fourth-order valence-corrected chi connectivity index (χ4v) is 2.41. The van der Waals surface area contributed by atoms with Crippen molar-refractivity contribution in [2.24, 2.45) is 11.7 Å². The summed E-state index contributed by atoms with van der Waals surface area (Å²) < 4.78 is 38.1. The molecule has 1 aliphatic heterocycles. The lowest BCUT2D eigenvalue weighted by Crippen LogP contribution is -2.21. The van der Waals surface area contributed by atoms with E-state index < -0.39 is 11.7 Å². The number of hydrogen-bond acceptors (Lipinski definition) is 2. The summed E-state index contributed by atoms with van der Waals surface area (Å²) in [5, 5.41) is 0. The van der Waals surface area contributed by atoms with Gasteiger partial charge in [-0.3, -0.25) is 0 Å². The lowest BCUT2D eigenvalue weighted by atomic mass is 9.96.